The number of nitrogens with zero attached hydrogens (tertiary/aromatic N) is 4. The molecule has 1 aliphatic rings. The Balaban J connectivity index is 2.80. The van der Waals surface area contributed by atoms with E-state index in [0.717, 1.165) is 18.5 Å². The van der Waals surface area contributed by atoms with Crippen LogP contribution in [0.2, 0.25) is 0 Å². The first-order valence-corrected chi connectivity index (χ1v) is 7.95. The lowest BCUT2D eigenvalue weighted by Gasteiger charge is -2.41. The Morgan fingerprint density at radius 3 is 2.73 bits per heavy atom. The summed E-state index contributed by atoms with van der Waals surface area (Å²) in [5.74, 6) is 0. The first kappa shape index (κ1) is 18.6. The van der Waals surface area contributed by atoms with E-state index in [9.17, 15) is 0 Å². The van der Waals surface area contributed by atoms with Gasteiger partial charge in [0.05, 0.1) is 38.4 Å². The van der Waals surface area contributed by atoms with Crippen molar-refractivity contribution in [3.63, 3.8) is 0 Å². The van der Waals surface area contributed by atoms with Crippen molar-refractivity contribution in [3.05, 3.63) is 11.8 Å². The third-order valence-corrected chi connectivity index (χ3v) is 3.72. The van der Waals surface area contributed by atoms with Crippen molar-refractivity contribution >= 4 is 12.6 Å². The SMILES string of the molecule is CC/C=N\N(CCOCCOC)C1(C)/C(=C\CC)N=CN1C. The maximum atomic E-state index is 5.60. The molecule has 126 valence electrons. The van der Waals surface area contributed by atoms with Gasteiger partial charge in [-0.2, -0.15) is 5.10 Å². The van der Waals surface area contributed by atoms with Gasteiger partial charge in [-0.3, -0.25) is 5.01 Å². The average molecular weight is 310 g/mol. The second-order valence-corrected chi connectivity index (χ2v) is 5.31. The Morgan fingerprint density at radius 2 is 2.09 bits per heavy atom. The highest BCUT2D eigenvalue weighted by Crippen LogP contribution is 2.32. The molecule has 1 heterocycles. The summed E-state index contributed by atoms with van der Waals surface area (Å²) in [6.45, 7) is 8.86. The smallest absolute Gasteiger partial charge is 0.169 e. The Morgan fingerprint density at radius 1 is 1.32 bits per heavy atom. The minimum Gasteiger partial charge on any atom is -0.382 e. The molecule has 22 heavy (non-hydrogen) atoms. The molecule has 1 unspecified atom stereocenters. The van der Waals surface area contributed by atoms with Crippen LogP contribution in [-0.2, 0) is 9.47 Å². The number of hydrogen-bond acceptors (Lipinski definition) is 6. The van der Waals surface area contributed by atoms with Crippen LogP contribution >= 0.6 is 0 Å². The molecular weight excluding hydrogens is 280 g/mol. The number of ether oxygens (including phenoxy) is 2. The molecule has 0 aliphatic carbocycles. The van der Waals surface area contributed by atoms with Gasteiger partial charge in [-0.25, -0.2) is 4.99 Å². The fraction of sp³-hybridized carbons (Fsp3) is 0.750. The summed E-state index contributed by atoms with van der Waals surface area (Å²) >= 11 is 0. The molecule has 0 amide bonds. The molecule has 0 fully saturated rings. The molecule has 0 saturated carbocycles. The normalized spacial score (nSPS) is 23.1. The standard InChI is InChI=1S/C16H30N4O2/c1-6-8-15-16(3,19(4)14-17-15)20(18-9-7-2)10-11-22-13-12-21-5/h8-9,14H,6-7,10-13H2,1-5H3/b15-8+,18-9-. The second kappa shape index (κ2) is 9.58. The molecule has 0 aromatic rings. The van der Waals surface area contributed by atoms with E-state index < -0.39 is 0 Å². The molecule has 6 heteroatoms. The number of allylic oxidation sites excluding steroid dienone is 1. The van der Waals surface area contributed by atoms with Gasteiger partial charge in [0.2, 0.25) is 0 Å². The Hall–Kier alpha value is -1.40. The molecule has 0 N–H and O–H groups in total. The number of hydrogen-bond donors (Lipinski definition) is 0. The predicted octanol–water partition coefficient (Wildman–Crippen LogP) is 2.33. The van der Waals surface area contributed by atoms with Gasteiger partial charge < -0.3 is 14.4 Å². The molecule has 0 radical (unpaired) electrons. The van der Waals surface area contributed by atoms with Crippen molar-refractivity contribution in [1.29, 1.82) is 0 Å². The van der Waals surface area contributed by atoms with Crippen LogP contribution in [0.25, 0.3) is 0 Å². The number of rotatable bonds is 10. The summed E-state index contributed by atoms with van der Waals surface area (Å²) in [4.78, 5) is 6.63. The monoisotopic (exact) mass is 310 g/mol. The highest BCUT2D eigenvalue weighted by Gasteiger charge is 2.41. The van der Waals surface area contributed by atoms with Crippen molar-refractivity contribution in [2.24, 2.45) is 10.1 Å². The number of aliphatic imine (C=N–C) groups is 1. The van der Waals surface area contributed by atoms with Crippen LogP contribution in [0.3, 0.4) is 0 Å². The molecule has 1 aliphatic heterocycles. The maximum Gasteiger partial charge on any atom is 0.169 e. The molecular formula is C16H30N4O2. The van der Waals surface area contributed by atoms with Crippen LogP contribution in [0.15, 0.2) is 21.9 Å². The van der Waals surface area contributed by atoms with E-state index in [0.29, 0.717) is 26.4 Å². The molecule has 0 saturated heterocycles. The lowest BCUT2D eigenvalue weighted by Crippen LogP contribution is -2.54. The first-order valence-electron chi connectivity index (χ1n) is 7.95. The van der Waals surface area contributed by atoms with Crippen LogP contribution in [0.4, 0.5) is 0 Å². The molecule has 0 aromatic heterocycles. The number of methoxy groups -OCH3 is 1. The molecule has 0 bridgehead atoms. The Bertz CT molecular complexity index is 409. The maximum absolute atomic E-state index is 5.60. The lowest BCUT2D eigenvalue weighted by atomic mass is 10.1. The summed E-state index contributed by atoms with van der Waals surface area (Å²) in [6.07, 6.45) is 7.79. The summed E-state index contributed by atoms with van der Waals surface area (Å²) in [5.41, 5.74) is 0.661. The highest BCUT2D eigenvalue weighted by atomic mass is 16.5. The van der Waals surface area contributed by atoms with Crippen LogP contribution in [0.1, 0.15) is 33.6 Å². The van der Waals surface area contributed by atoms with Gasteiger partial charge in [-0.15, -0.1) is 0 Å². The van der Waals surface area contributed by atoms with Gasteiger partial charge in [-0.05, 0) is 19.8 Å². The van der Waals surface area contributed by atoms with Crippen molar-refractivity contribution in [2.75, 3.05) is 40.5 Å². The van der Waals surface area contributed by atoms with E-state index in [1.807, 2.05) is 19.6 Å². The first-order chi connectivity index (χ1) is 10.6. The van der Waals surface area contributed by atoms with Gasteiger partial charge in [0.1, 0.15) is 0 Å². The predicted molar refractivity (Wildman–Crippen MR) is 91.2 cm³/mol. The largest absolute Gasteiger partial charge is 0.382 e. The van der Waals surface area contributed by atoms with Crippen LogP contribution < -0.4 is 0 Å². The highest BCUT2D eigenvalue weighted by molar-refractivity contribution is 5.64. The topological polar surface area (TPSA) is 49.7 Å². The molecule has 1 rings (SSSR count). The van der Waals surface area contributed by atoms with Crippen molar-refractivity contribution in [2.45, 2.75) is 39.3 Å². The zero-order valence-corrected chi connectivity index (χ0v) is 14.6. The van der Waals surface area contributed by atoms with E-state index in [-0.39, 0.29) is 5.66 Å². The van der Waals surface area contributed by atoms with Crippen LogP contribution in [-0.4, -0.2) is 68.6 Å². The van der Waals surface area contributed by atoms with Crippen LogP contribution in [0.5, 0.6) is 0 Å². The van der Waals surface area contributed by atoms with E-state index in [1.54, 1.807) is 7.11 Å². The van der Waals surface area contributed by atoms with Crippen molar-refractivity contribution in [3.8, 4) is 0 Å². The minimum atomic E-state index is -0.369. The molecule has 1 atom stereocenters. The summed E-state index contributed by atoms with van der Waals surface area (Å²) in [7, 11) is 3.70. The third-order valence-electron chi connectivity index (χ3n) is 3.72. The Kier molecular flexibility index (Phi) is 8.12. The molecule has 6 nitrogen and oxygen atoms in total. The quantitative estimate of drug-likeness (QED) is 0.353. The summed E-state index contributed by atoms with van der Waals surface area (Å²) in [5, 5.41) is 6.68. The zero-order valence-electron chi connectivity index (χ0n) is 14.6. The van der Waals surface area contributed by atoms with Gasteiger partial charge >= 0.3 is 0 Å². The van der Waals surface area contributed by atoms with Gasteiger partial charge in [0, 0.05) is 20.4 Å². The fourth-order valence-corrected chi connectivity index (χ4v) is 2.28. The van der Waals surface area contributed by atoms with Crippen LogP contribution in [0, 0.1) is 0 Å². The van der Waals surface area contributed by atoms with E-state index in [2.05, 4.69) is 46.8 Å². The fourth-order valence-electron chi connectivity index (χ4n) is 2.28. The van der Waals surface area contributed by atoms with Gasteiger partial charge in [0.15, 0.2) is 5.66 Å². The average Bonchev–Trinajstić information content (AvgIpc) is 2.79. The lowest BCUT2D eigenvalue weighted by molar-refractivity contribution is 0.0103. The number of hydrazone groups is 1. The van der Waals surface area contributed by atoms with Gasteiger partial charge in [-0.1, -0.05) is 19.9 Å². The molecule has 0 spiro atoms. The minimum absolute atomic E-state index is 0.369. The van der Waals surface area contributed by atoms with Crippen molar-refractivity contribution in [1.82, 2.24) is 9.91 Å². The second-order valence-electron chi connectivity index (χ2n) is 5.31. The zero-order chi connectivity index (χ0) is 16.4. The third kappa shape index (κ3) is 4.55. The van der Waals surface area contributed by atoms with E-state index >= 15 is 0 Å². The van der Waals surface area contributed by atoms with Crippen molar-refractivity contribution < 1.29 is 9.47 Å². The summed E-state index contributed by atoms with van der Waals surface area (Å²) < 4.78 is 10.6. The van der Waals surface area contributed by atoms with E-state index in [4.69, 9.17) is 9.47 Å². The van der Waals surface area contributed by atoms with Gasteiger partial charge in [0.25, 0.3) is 0 Å². The molecule has 0 aromatic carbocycles. The number of likely N-dealkylation sites (N-methyl/N-ethyl adjacent to an activating group) is 1. The van der Waals surface area contributed by atoms with E-state index in [1.165, 1.54) is 0 Å². The Labute approximate surface area is 134 Å². The summed E-state index contributed by atoms with van der Waals surface area (Å²) in [6, 6.07) is 0.